The van der Waals surface area contributed by atoms with E-state index in [1.165, 1.54) is 19.2 Å². The minimum absolute atomic E-state index is 0. The van der Waals surface area contributed by atoms with Gasteiger partial charge in [0.05, 0.1) is 11.5 Å². The highest BCUT2D eigenvalue weighted by molar-refractivity contribution is 7.89. The SMILES string of the molecule is CNC1CCCN(C(=O)c2cccc(S(=O)(=O)NCCOC)c2)C1.Cl. The number of halogens is 1. The third-order valence-corrected chi connectivity index (χ3v) is 5.57. The number of benzene rings is 1. The summed E-state index contributed by atoms with van der Waals surface area (Å²) < 4.78 is 31.8. The lowest BCUT2D eigenvalue weighted by Gasteiger charge is -2.32. The lowest BCUT2D eigenvalue weighted by atomic mass is 10.0. The van der Waals surface area contributed by atoms with Crippen LogP contribution in [-0.2, 0) is 14.8 Å². The molecule has 1 aromatic rings. The molecule has 1 amide bonds. The highest BCUT2D eigenvalue weighted by atomic mass is 35.5. The van der Waals surface area contributed by atoms with Crippen LogP contribution in [0.5, 0.6) is 0 Å². The van der Waals surface area contributed by atoms with Crippen LogP contribution in [0.4, 0.5) is 0 Å². The van der Waals surface area contributed by atoms with Crippen LogP contribution in [0.25, 0.3) is 0 Å². The lowest BCUT2D eigenvalue weighted by molar-refractivity contribution is 0.0698. The molecule has 0 bridgehead atoms. The summed E-state index contributed by atoms with van der Waals surface area (Å²) in [6.07, 6.45) is 1.98. The summed E-state index contributed by atoms with van der Waals surface area (Å²) in [5.41, 5.74) is 0.390. The minimum atomic E-state index is -3.65. The lowest BCUT2D eigenvalue weighted by Crippen LogP contribution is -2.47. The van der Waals surface area contributed by atoms with E-state index in [0.717, 1.165) is 12.8 Å². The van der Waals surface area contributed by atoms with Crippen molar-refractivity contribution in [3.05, 3.63) is 29.8 Å². The molecule has 1 heterocycles. The molecule has 7 nitrogen and oxygen atoms in total. The van der Waals surface area contributed by atoms with Crippen molar-refractivity contribution < 1.29 is 17.9 Å². The van der Waals surface area contributed by atoms with Crippen LogP contribution in [0, 0.1) is 0 Å². The molecule has 25 heavy (non-hydrogen) atoms. The number of nitrogens with zero attached hydrogens (tertiary/aromatic N) is 1. The summed E-state index contributed by atoms with van der Waals surface area (Å²) in [6, 6.07) is 6.45. The Labute approximate surface area is 155 Å². The van der Waals surface area contributed by atoms with Gasteiger partial charge >= 0.3 is 0 Å². The zero-order valence-corrected chi connectivity index (χ0v) is 16.2. The first-order chi connectivity index (χ1) is 11.5. The average Bonchev–Trinajstić information content (AvgIpc) is 2.61. The van der Waals surface area contributed by atoms with E-state index in [-0.39, 0.29) is 42.4 Å². The Morgan fingerprint density at radius 2 is 2.16 bits per heavy atom. The van der Waals surface area contributed by atoms with Gasteiger partial charge in [-0.1, -0.05) is 6.07 Å². The molecular weight excluding hydrogens is 366 g/mol. The fraction of sp³-hybridized carbons (Fsp3) is 0.562. The van der Waals surface area contributed by atoms with Gasteiger partial charge in [0.15, 0.2) is 0 Å². The molecule has 1 aliphatic rings. The Bertz CT molecular complexity index is 669. The number of nitrogens with one attached hydrogen (secondary N) is 2. The zero-order valence-electron chi connectivity index (χ0n) is 14.5. The topological polar surface area (TPSA) is 87.7 Å². The van der Waals surface area contributed by atoms with Crippen molar-refractivity contribution in [2.75, 3.05) is 40.4 Å². The van der Waals surface area contributed by atoms with Crippen molar-refractivity contribution in [2.45, 2.75) is 23.8 Å². The number of piperidine rings is 1. The number of methoxy groups -OCH3 is 1. The van der Waals surface area contributed by atoms with E-state index in [2.05, 4.69) is 10.0 Å². The quantitative estimate of drug-likeness (QED) is 0.673. The molecule has 1 unspecified atom stereocenters. The Balaban J connectivity index is 0.00000312. The van der Waals surface area contributed by atoms with E-state index in [4.69, 9.17) is 4.74 Å². The number of amides is 1. The van der Waals surface area contributed by atoms with E-state index in [1.807, 2.05) is 7.05 Å². The number of likely N-dealkylation sites (N-methyl/N-ethyl adjacent to an activating group) is 1. The van der Waals surface area contributed by atoms with Gasteiger partial charge in [-0.25, -0.2) is 13.1 Å². The van der Waals surface area contributed by atoms with Gasteiger partial charge in [0.25, 0.3) is 5.91 Å². The summed E-state index contributed by atoms with van der Waals surface area (Å²) in [5.74, 6) is -0.135. The number of rotatable bonds is 7. The van der Waals surface area contributed by atoms with Crippen LogP contribution in [0.15, 0.2) is 29.2 Å². The number of hydrogen-bond acceptors (Lipinski definition) is 5. The number of likely N-dealkylation sites (tertiary alicyclic amines) is 1. The molecule has 142 valence electrons. The van der Waals surface area contributed by atoms with E-state index >= 15 is 0 Å². The zero-order chi connectivity index (χ0) is 17.6. The molecular formula is C16H26ClN3O4S. The molecule has 1 aliphatic heterocycles. The molecule has 0 aromatic heterocycles. The molecule has 0 radical (unpaired) electrons. The molecule has 0 aliphatic carbocycles. The van der Waals surface area contributed by atoms with Crippen LogP contribution >= 0.6 is 12.4 Å². The van der Waals surface area contributed by atoms with Crippen molar-refractivity contribution in [1.29, 1.82) is 0 Å². The highest BCUT2D eigenvalue weighted by Crippen LogP contribution is 2.17. The first-order valence-electron chi connectivity index (χ1n) is 8.03. The molecule has 2 N–H and O–H groups in total. The van der Waals surface area contributed by atoms with Crippen LogP contribution in [0.2, 0.25) is 0 Å². The molecule has 2 rings (SSSR count). The second kappa shape index (κ2) is 10.1. The normalized spacial score (nSPS) is 17.8. The highest BCUT2D eigenvalue weighted by Gasteiger charge is 2.24. The van der Waals surface area contributed by atoms with E-state index in [0.29, 0.717) is 18.7 Å². The van der Waals surface area contributed by atoms with Gasteiger partial charge in [-0.3, -0.25) is 4.79 Å². The monoisotopic (exact) mass is 391 g/mol. The summed E-state index contributed by atoms with van der Waals surface area (Å²) >= 11 is 0. The van der Waals surface area contributed by atoms with Gasteiger partial charge in [-0.15, -0.1) is 12.4 Å². The molecule has 1 atom stereocenters. The number of hydrogen-bond donors (Lipinski definition) is 2. The second-order valence-electron chi connectivity index (χ2n) is 5.80. The van der Waals surface area contributed by atoms with Crippen molar-refractivity contribution in [2.24, 2.45) is 0 Å². The summed E-state index contributed by atoms with van der Waals surface area (Å²) in [7, 11) is -0.257. The standard InChI is InChI=1S/C16H25N3O4S.ClH/c1-17-14-6-4-9-19(12-14)16(20)13-5-3-7-15(11-13)24(21,22)18-8-10-23-2;/h3,5,7,11,14,17-18H,4,6,8-10,12H2,1-2H3;1H. The van der Waals surface area contributed by atoms with Gasteiger partial charge in [0.2, 0.25) is 10.0 Å². The number of ether oxygens (including phenoxy) is 1. The van der Waals surface area contributed by atoms with Gasteiger partial charge < -0.3 is 15.0 Å². The minimum Gasteiger partial charge on any atom is -0.383 e. The largest absolute Gasteiger partial charge is 0.383 e. The summed E-state index contributed by atoms with van der Waals surface area (Å²) in [6.45, 7) is 1.81. The number of carbonyl (C=O) groups excluding carboxylic acids is 1. The first-order valence-corrected chi connectivity index (χ1v) is 9.51. The predicted octanol–water partition coefficient (Wildman–Crippen LogP) is 0.857. The smallest absolute Gasteiger partial charge is 0.253 e. The molecule has 1 fully saturated rings. The number of carbonyl (C=O) groups is 1. The molecule has 0 saturated carbocycles. The Morgan fingerprint density at radius 3 is 2.84 bits per heavy atom. The first kappa shape index (κ1) is 21.9. The van der Waals surface area contributed by atoms with E-state index < -0.39 is 10.0 Å². The second-order valence-corrected chi connectivity index (χ2v) is 7.56. The van der Waals surface area contributed by atoms with Gasteiger partial charge in [-0.2, -0.15) is 0 Å². The van der Waals surface area contributed by atoms with Gasteiger partial charge in [-0.05, 0) is 38.1 Å². The predicted molar refractivity (Wildman–Crippen MR) is 98.7 cm³/mol. The van der Waals surface area contributed by atoms with Crippen LogP contribution in [0.1, 0.15) is 23.2 Å². The Hall–Kier alpha value is -1.19. The fourth-order valence-corrected chi connectivity index (χ4v) is 3.80. The maximum atomic E-state index is 12.7. The van der Waals surface area contributed by atoms with Gasteiger partial charge in [0.1, 0.15) is 0 Å². The maximum Gasteiger partial charge on any atom is 0.253 e. The Kier molecular flexibility index (Phi) is 8.81. The van der Waals surface area contributed by atoms with Crippen molar-refractivity contribution in [3.63, 3.8) is 0 Å². The third-order valence-electron chi connectivity index (χ3n) is 4.11. The molecule has 1 aromatic carbocycles. The van der Waals surface area contributed by atoms with Crippen LogP contribution in [0.3, 0.4) is 0 Å². The molecule has 0 spiro atoms. The number of sulfonamides is 1. The van der Waals surface area contributed by atoms with Crippen molar-refractivity contribution in [3.8, 4) is 0 Å². The van der Waals surface area contributed by atoms with Crippen molar-refractivity contribution in [1.82, 2.24) is 14.9 Å². The maximum absolute atomic E-state index is 12.7. The van der Waals surface area contributed by atoms with E-state index in [1.54, 1.807) is 17.0 Å². The van der Waals surface area contributed by atoms with E-state index in [9.17, 15) is 13.2 Å². The third kappa shape index (κ3) is 5.93. The summed E-state index contributed by atoms with van der Waals surface area (Å²) in [5, 5.41) is 3.19. The van der Waals surface area contributed by atoms with Gasteiger partial charge in [0, 0.05) is 38.3 Å². The van der Waals surface area contributed by atoms with Crippen LogP contribution < -0.4 is 10.0 Å². The fourth-order valence-electron chi connectivity index (χ4n) is 2.74. The Morgan fingerprint density at radius 1 is 1.40 bits per heavy atom. The summed E-state index contributed by atoms with van der Waals surface area (Å²) in [4.78, 5) is 14.5. The average molecular weight is 392 g/mol. The van der Waals surface area contributed by atoms with Crippen molar-refractivity contribution >= 4 is 28.3 Å². The molecule has 1 saturated heterocycles. The molecule has 9 heteroatoms. The van der Waals surface area contributed by atoms with Crippen LogP contribution in [-0.4, -0.2) is 65.7 Å².